The Kier molecular flexibility index (Phi) is 5.72. The lowest BCUT2D eigenvalue weighted by Crippen LogP contribution is -2.31. The molecule has 1 saturated carbocycles. The molecule has 1 atom stereocenters. The zero-order valence-electron chi connectivity index (χ0n) is 14.7. The molecule has 1 amide bonds. The molecule has 2 aliphatic carbocycles. The topological polar surface area (TPSA) is 64.3 Å². The van der Waals surface area contributed by atoms with E-state index in [1.807, 2.05) is 42.5 Å². The first kappa shape index (κ1) is 18.6. The van der Waals surface area contributed by atoms with Crippen LogP contribution in [0.1, 0.15) is 53.2 Å². The molecule has 0 saturated heterocycles. The number of nitrogen functional groups attached to an aromatic ring is 1. The number of amides is 1. The van der Waals surface area contributed by atoms with E-state index in [1.165, 1.54) is 24.0 Å². The maximum absolute atomic E-state index is 12.9. The van der Waals surface area contributed by atoms with Gasteiger partial charge in [-0.05, 0) is 73.4 Å². The number of carbonyl (C=O) groups is 1. The number of nitrogens with two attached hydrogens (primary N) is 1. The number of carbonyl (C=O) groups excluding carboxylic acids is 1. The number of halogens is 1. The second kappa shape index (κ2) is 8.00. The number of nitrogens with one attached hydrogen (secondary N) is 1. The van der Waals surface area contributed by atoms with Gasteiger partial charge in [0.25, 0.3) is 5.91 Å². The molecule has 5 heteroatoms. The van der Waals surface area contributed by atoms with Gasteiger partial charge in [-0.1, -0.05) is 18.2 Å². The van der Waals surface area contributed by atoms with Gasteiger partial charge in [0, 0.05) is 5.69 Å². The van der Waals surface area contributed by atoms with Gasteiger partial charge in [-0.3, -0.25) is 4.79 Å². The normalized spacial score (nSPS) is 18.4. The summed E-state index contributed by atoms with van der Waals surface area (Å²) in [7, 11) is 0. The molecular formula is C21H25ClN2O2. The summed E-state index contributed by atoms with van der Waals surface area (Å²) in [6.45, 7) is 0.704. The number of para-hydroxylation sites is 1. The van der Waals surface area contributed by atoms with E-state index in [2.05, 4.69) is 5.32 Å². The van der Waals surface area contributed by atoms with Crippen LogP contribution in [0.3, 0.4) is 0 Å². The minimum Gasteiger partial charge on any atom is -0.492 e. The van der Waals surface area contributed by atoms with E-state index in [4.69, 9.17) is 10.5 Å². The van der Waals surface area contributed by atoms with Gasteiger partial charge in [-0.25, -0.2) is 0 Å². The van der Waals surface area contributed by atoms with Crippen molar-refractivity contribution in [3.63, 3.8) is 0 Å². The van der Waals surface area contributed by atoms with Crippen LogP contribution in [-0.4, -0.2) is 12.5 Å². The third kappa shape index (κ3) is 4.13. The van der Waals surface area contributed by atoms with Gasteiger partial charge in [-0.2, -0.15) is 0 Å². The van der Waals surface area contributed by atoms with E-state index in [0.717, 1.165) is 24.9 Å². The predicted molar refractivity (Wildman–Crippen MR) is 106 cm³/mol. The van der Waals surface area contributed by atoms with E-state index in [1.54, 1.807) is 0 Å². The van der Waals surface area contributed by atoms with E-state index >= 15 is 0 Å². The molecule has 0 heterocycles. The number of rotatable bonds is 5. The molecule has 0 bridgehead atoms. The highest BCUT2D eigenvalue weighted by Gasteiger charge is 2.25. The van der Waals surface area contributed by atoms with Crippen molar-refractivity contribution in [3.05, 3.63) is 59.2 Å². The van der Waals surface area contributed by atoms with Crippen molar-refractivity contribution in [3.8, 4) is 5.75 Å². The lowest BCUT2D eigenvalue weighted by molar-refractivity contribution is 0.0928. The van der Waals surface area contributed by atoms with Crippen LogP contribution in [0, 0.1) is 5.92 Å². The van der Waals surface area contributed by atoms with E-state index in [-0.39, 0.29) is 24.4 Å². The van der Waals surface area contributed by atoms with E-state index in [0.29, 0.717) is 23.8 Å². The quantitative estimate of drug-likeness (QED) is 0.769. The first-order valence-corrected chi connectivity index (χ1v) is 9.11. The van der Waals surface area contributed by atoms with Crippen LogP contribution in [-0.2, 0) is 6.42 Å². The summed E-state index contributed by atoms with van der Waals surface area (Å²) < 4.78 is 5.88. The molecule has 0 aromatic heterocycles. The highest BCUT2D eigenvalue weighted by atomic mass is 35.5. The van der Waals surface area contributed by atoms with Crippen LogP contribution in [0.2, 0.25) is 0 Å². The maximum atomic E-state index is 12.9. The minimum absolute atomic E-state index is 0. The average Bonchev–Trinajstić information content (AvgIpc) is 3.44. The molecule has 4 rings (SSSR count). The third-order valence-electron chi connectivity index (χ3n) is 5.09. The zero-order chi connectivity index (χ0) is 17.2. The van der Waals surface area contributed by atoms with Gasteiger partial charge < -0.3 is 15.8 Å². The molecule has 1 unspecified atom stereocenters. The van der Waals surface area contributed by atoms with Crippen LogP contribution in [0.25, 0.3) is 0 Å². The van der Waals surface area contributed by atoms with Gasteiger partial charge in [0.1, 0.15) is 5.75 Å². The Bertz CT molecular complexity index is 789. The molecule has 26 heavy (non-hydrogen) atoms. The number of anilines is 1. The van der Waals surface area contributed by atoms with Gasteiger partial charge in [0.05, 0.1) is 18.2 Å². The fraction of sp³-hybridized carbons (Fsp3) is 0.381. The third-order valence-corrected chi connectivity index (χ3v) is 5.09. The first-order chi connectivity index (χ1) is 12.2. The van der Waals surface area contributed by atoms with Gasteiger partial charge in [0.2, 0.25) is 0 Å². The lowest BCUT2D eigenvalue weighted by Gasteiger charge is -2.27. The summed E-state index contributed by atoms with van der Waals surface area (Å²) in [6.07, 6.45) is 5.50. The first-order valence-electron chi connectivity index (χ1n) is 9.11. The standard InChI is InChI=1S/C21H24N2O2.ClH/c22-16-10-11-17-15(12-16)4-3-6-19(17)23-21(24)18-5-1-2-7-20(18)25-13-14-8-9-14;/h1-2,5,7,10-12,14,19H,3-4,6,8-9,13,22H2,(H,23,24);1H. The van der Waals surface area contributed by atoms with Crippen molar-refractivity contribution in [1.82, 2.24) is 5.32 Å². The van der Waals surface area contributed by atoms with Gasteiger partial charge in [0.15, 0.2) is 0 Å². The summed E-state index contributed by atoms with van der Waals surface area (Å²) in [5.41, 5.74) is 9.73. The molecule has 2 aromatic carbocycles. The molecule has 0 aliphatic heterocycles. The Labute approximate surface area is 160 Å². The van der Waals surface area contributed by atoms with Crippen molar-refractivity contribution in [2.75, 3.05) is 12.3 Å². The summed E-state index contributed by atoms with van der Waals surface area (Å²) in [5.74, 6) is 1.27. The second-order valence-corrected chi connectivity index (χ2v) is 7.13. The van der Waals surface area contributed by atoms with Crippen molar-refractivity contribution < 1.29 is 9.53 Å². The molecule has 4 nitrogen and oxygen atoms in total. The van der Waals surface area contributed by atoms with Gasteiger partial charge >= 0.3 is 0 Å². The Morgan fingerprint density at radius 2 is 1.96 bits per heavy atom. The zero-order valence-corrected chi connectivity index (χ0v) is 15.6. The monoisotopic (exact) mass is 372 g/mol. The smallest absolute Gasteiger partial charge is 0.255 e. The highest BCUT2D eigenvalue weighted by molar-refractivity contribution is 5.97. The number of benzene rings is 2. The number of fused-ring (bicyclic) bond motifs is 1. The molecule has 2 aliphatic rings. The van der Waals surface area contributed by atoms with Crippen LogP contribution in [0.4, 0.5) is 5.69 Å². The number of hydrogen-bond acceptors (Lipinski definition) is 3. The molecule has 1 fully saturated rings. The van der Waals surface area contributed by atoms with Crippen LogP contribution >= 0.6 is 12.4 Å². The molecule has 0 radical (unpaired) electrons. The van der Waals surface area contributed by atoms with Gasteiger partial charge in [-0.15, -0.1) is 12.4 Å². The average molecular weight is 373 g/mol. The molecular weight excluding hydrogens is 348 g/mol. The maximum Gasteiger partial charge on any atom is 0.255 e. The van der Waals surface area contributed by atoms with Crippen LogP contribution < -0.4 is 15.8 Å². The van der Waals surface area contributed by atoms with Crippen molar-refractivity contribution in [2.24, 2.45) is 5.92 Å². The van der Waals surface area contributed by atoms with Crippen molar-refractivity contribution in [2.45, 2.75) is 38.1 Å². The molecule has 2 aromatic rings. The summed E-state index contributed by atoms with van der Waals surface area (Å²) >= 11 is 0. The van der Waals surface area contributed by atoms with Crippen LogP contribution in [0.15, 0.2) is 42.5 Å². The molecule has 138 valence electrons. The Morgan fingerprint density at radius 3 is 2.77 bits per heavy atom. The number of ether oxygens (including phenoxy) is 1. The van der Waals surface area contributed by atoms with E-state index in [9.17, 15) is 4.79 Å². The Morgan fingerprint density at radius 1 is 1.15 bits per heavy atom. The second-order valence-electron chi connectivity index (χ2n) is 7.13. The van der Waals surface area contributed by atoms with Crippen LogP contribution in [0.5, 0.6) is 5.75 Å². The van der Waals surface area contributed by atoms with Crippen molar-refractivity contribution >= 4 is 24.0 Å². The lowest BCUT2D eigenvalue weighted by atomic mass is 9.87. The largest absolute Gasteiger partial charge is 0.492 e. The fourth-order valence-electron chi connectivity index (χ4n) is 3.49. The Balaban J connectivity index is 0.00000196. The minimum atomic E-state index is -0.0685. The number of hydrogen-bond donors (Lipinski definition) is 2. The Hall–Kier alpha value is -2.20. The number of aryl methyl sites for hydroxylation is 1. The van der Waals surface area contributed by atoms with Crippen molar-refractivity contribution in [1.29, 1.82) is 0 Å². The fourth-order valence-corrected chi connectivity index (χ4v) is 3.49. The predicted octanol–water partition coefficient (Wildman–Crippen LogP) is 4.29. The SMILES string of the molecule is Cl.Nc1ccc2c(c1)CCCC2NC(=O)c1ccccc1OCC1CC1. The highest BCUT2D eigenvalue weighted by Crippen LogP contribution is 2.33. The summed E-state index contributed by atoms with van der Waals surface area (Å²) in [6, 6.07) is 13.5. The summed E-state index contributed by atoms with van der Waals surface area (Å²) in [5, 5.41) is 3.19. The summed E-state index contributed by atoms with van der Waals surface area (Å²) in [4.78, 5) is 12.9. The molecule has 0 spiro atoms. The molecule has 3 N–H and O–H groups in total. The van der Waals surface area contributed by atoms with E-state index < -0.39 is 0 Å².